The third-order valence-corrected chi connectivity index (χ3v) is 3.32. The SMILES string of the molecule is Cc1ccc(C(CCc2cnn(C)c2)NN)c(C)n1. The van der Waals surface area contributed by atoms with Crippen LogP contribution in [0.3, 0.4) is 0 Å². The molecule has 0 fully saturated rings. The van der Waals surface area contributed by atoms with Gasteiger partial charge in [-0.3, -0.25) is 20.9 Å². The van der Waals surface area contributed by atoms with Crippen LogP contribution >= 0.6 is 0 Å². The Balaban J connectivity index is 2.07. The van der Waals surface area contributed by atoms with E-state index in [0.717, 1.165) is 29.8 Å². The zero-order valence-corrected chi connectivity index (χ0v) is 11.7. The van der Waals surface area contributed by atoms with Crippen LogP contribution in [0.1, 0.15) is 35.0 Å². The summed E-state index contributed by atoms with van der Waals surface area (Å²) >= 11 is 0. The van der Waals surface area contributed by atoms with Crippen LogP contribution < -0.4 is 11.3 Å². The van der Waals surface area contributed by atoms with Gasteiger partial charge in [0.25, 0.3) is 0 Å². The summed E-state index contributed by atoms with van der Waals surface area (Å²) in [5, 5.41) is 4.17. The van der Waals surface area contributed by atoms with Crippen molar-refractivity contribution < 1.29 is 0 Å². The summed E-state index contributed by atoms with van der Waals surface area (Å²) in [4.78, 5) is 4.49. The van der Waals surface area contributed by atoms with E-state index in [1.807, 2.05) is 44.0 Å². The van der Waals surface area contributed by atoms with Gasteiger partial charge in [0, 0.05) is 30.7 Å². The van der Waals surface area contributed by atoms with Crippen LogP contribution in [0.2, 0.25) is 0 Å². The van der Waals surface area contributed by atoms with E-state index in [-0.39, 0.29) is 6.04 Å². The van der Waals surface area contributed by atoms with E-state index >= 15 is 0 Å². The molecule has 1 atom stereocenters. The standard InChI is InChI=1S/C14H21N5/c1-10-4-6-13(11(2)17-10)14(18-15)7-5-12-8-16-19(3)9-12/h4,6,8-9,14,18H,5,7,15H2,1-3H3. The lowest BCUT2D eigenvalue weighted by molar-refractivity contribution is 0.512. The molecule has 0 aromatic carbocycles. The molecule has 5 heteroatoms. The van der Waals surface area contributed by atoms with Gasteiger partial charge >= 0.3 is 0 Å². The summed E-state index contributed by atoms with van der Waals surface area (Å²) in [6.45, 7) is 4.02. The summed E-state index contributed by atoms with van der Waals surface area (Å²) in [5.41, 5.74) is 7.34. The van der Waals surface area contributed by atoms with Crippen molar-refractivity contribution in [3.05, 3.63) is 47.0 Å². The molecule has 2 aromatic heterocycles. The van der Waals surface area contributed by atoms with Gasteiger partial charge in [-0.05, 0) is 43.9 Å². The van der Waals surface area contributed by atoms with Gasteiger partial charge in [0.2, 0.25) is 0 Å². The number of hydrogen-bond acceptors (Lipinski definition) is 4. The second-order valence-corrected chi connectivity index (χ2v) is 4.91. The molecule has 0 aliphatic heterocycles. The van der Waals surface area contributed by atoms with E-state index in [1.54, 1.807) is 0 Å². The first-order valence-corrected chi connectivity index (χ1v) is 6.48. The summed E-state index contributed by atoms with van der Waals surface area (Å²) in [6, 6.07) is 4.25. The second-order valence-electron chi connectivity index (χ2n) is 4.91. The number of pyridine rings is 1. The molecule has 3 N–H and O–H groups in total. The Morgan fingerprint density at radius 2 is 2.16 bits per heavy atom. The van der Waals surface area contributed by atoms with E-state index in [1.165, 1.54) is 5.56 Å². The van der Waals surface area contributed by atoms with E-state index < -0.39 is 0 Å². The maximum atomic E-state index is 5.68. The van der Waals surface area contributed by atoms with Crippen molar-refractivity contribution in [1.82, 2.24) is 20.2 Å². The largest absolute Gasteiger partial charge is 0.276 e. The zero-order chi connectivity index (χ0) is 13.8. The van der Waals surface area contributed by atoms with Crippen LogP contribution in [0, 0.1) is 13.8 Å². The highest BCUT2D eigenvalue weighted by molar-refractivity contribution is 5.25. The lowest BCUT2D eigenvalue weighted by Crippen LogP contribution is -2.29. The smallest absolute Gasteiger partial charge is 0.0521 e. The molecule has 1 unspecified atom stereocenters. The third kappa shape index (κ3) is 3.39. The molecule has 0 radical (unpaired) electrons. The molecule has 102 valence electrons. The molecule has 0 amide bonds. The lowest BCUT2D eigenvalue weighted by atomic mass is 9.99. The molecule has 0 spiro atoms. The van der Waals surface area contributed by atoms with Gasteiger partial charge in [0.1, 0.15) is 0 Å². The number of nitrogens with one attached hydrogen (secondary N) is 1. The number of hydrazine groups is 1. The molecule has 2 aromatic rings. The van der Waals surface area contributed by atoms with Crippen LogP contribution in [0.5, 0.6) is 0 Å². The highest BCUT2D eigenvalue weighted by Gasteiger charge is 2.13. The highest BCUT2D eigenvalue weighted by atomic mass is 15.2. The molecule has 0 saturated carbocycles. The second kappa shape index (κ2) is 5.95. The van der Waals surface area contributed by atoms with Crippen molar-refractivity contribution >= 4 is 0 Å². The number of nitrogens with zero attached hydrogens (tertiary/aromatic N) is 3. The summed E-state index contributed by atoms with van der Waals surface area (Å²) < 4.78 is 1.82. The minimum Gasteiger partial charge on any atom is -0.276 e. The van der Waals surface area contributed by atoms with Crippen LogP contribution in [-0.2, 0) is 13.5 Å². The topological polar surface area (TPSA) is 68.8 Å². The Morgan fingerprint density at radius 1 is 1.37 bits per heavy atom. The fourth-order valence-electron chi connectivity index (χ4n) is 2.31. The first-order valence-electron chi connectivity index (χ1n) is 6.48. The van der Waals surface area contributed by atoms with E-state index in [9.17, 15) is 0 Å². The van der Waals surface area contributed by atoms with Crippen molar-refractivity contribution in [2.24, 2.45) is 12.9 Å². The van der Waals surface area contributed by atoms with Crippen LogP contribution in [0.4, 0.5) is 0 Å². The average molecular weight is 259 g/mol. The third-order valence-electron chi connectivity index (χ3n) is 3.32. The van der Waals surface area contributed by atoms with Gasteiger partial charge in [-0.2, -0.15) is 5.10 Å². The Labute approximate surface area is 113 Å². The van der Waals surface area contributed by atoms with Crippen molar-refractivity contribution in [3.8, 4) is 0 Å². The monoisotopic (exact) mass is 259 g/mol. The molecular formula is C14H21N5. The normalized spacial score (nSPS) is 12.6. The fourth-order valence-corrected chi connectivity index (χ4v) is 2.31. The van der Waals surface area contributed by atoms with E-state index in [2.05, 4.69) is 21.6 Å². The molecule has 0 aliphatic carbocycles. The van der Waals surface area contributed by atoms with Crippen LogP contribution in [0.15, 0.2) is 24.5 Å². The molecular weight excluding hydrogens is 238 g/mol. The molecule has 2 rings (SSSR count). The molecule has 2 heterocycles. The Morgan fingerprint density at radius 3 is 2.74 bits per heavy atom. The fraction of sp³-hybridized carbons (Fsp3) is 0.429. The Hall–Kier alpha value is -1.72. The Kier molecular flexibility index (Phi) is 4.29. The molecule has 0 saturated heterocycles. The maximum absolute atomic E-state index is 5.68. The molecule has 5 nitrogen and oxygen atoms in total. The molecule has 0 bridgehead atoms. The van der Waals surface area contributed by atoms with Gasteiger partial charge < -0.3 is 0 Å². The first-order chi connectivity index (χ1) is 9.10. The van der Waals surface area contributed by atoms with Gasteiger partial charge in [0.05, 0.1) is 6.20 Å². The number of aromatic nitrogens is 3. The maximum Gasteiger partial charge on any atom is 0.0521 e. The zero-order valence-electron chi connectivity index (χ0n) is 11.7. The average Bonchev–Trinajstić information content (AvgIpc) is 2.78. The predicted molar refractivity (Wildman–Crippen MR) is 75.3 cm³/mol. The van der Waals surface area contributed by atoms with Crippen LogP contribution in [-0.4, -0.2) is 14.8 Å². The first kappa shape index (κ1) is 13.7. The quantitative estimate of drug-likeness (QED) is 0.631. The number of aryl methyl sites for hydroxylation is 4. The minimum absolute atomic E-state index is 0.119. The van der Waals surface area contributed by atoms with Gasteiger partial charge in [-0.15, -0.1) is 0 Å². The number of nitrogens with two attached hydrogens (primary N) is 1. The Bertz CT molecular complexity index is 547. The summed E-state index contributed by atoms with van der Waals surface area (Å²) in [6.07, 6.45) is 5.80. The number of rotatable bonds is 5. The molecule has 19 heavy (non-hydrogen) atoms. The predicted octanol–water partition coefficient (Wildman–Crippen LogP) is 1.57. The summed E-state index contributed by atoms with van der Waals surface area (Å²) in [5.74, 6) is 5.68. The van der Waals surface area contributed by atoms with Crippen molar-refractivity contribution in [2.75, 3.05) is 0 Å². The molecule has 0 aliphatic rings. The lowest BCUT2D eigenvalue weighted by Gasteiger charge is -2.18. The highest BCUT2D eigenvalue weighted by Crippen LogP contribution is 2.21. The summed E-state index contributed by atoms with van der Waals surface area (Å²) in [7, 11) is 1.93. The number of hydrogen-bond donors (Lipinski definition) is 2. The van der Waals surface area contributed by atoms with E-state index in [0.29, 0.717) is 0 Å². The van der Waals surface area contributed by atoms with Gasteiger partial charge in [0.15, 0.2) is 0 Å². The van der Waals surface area contributed by atoms with Gasteiger partial charge in [-0.1, -0.05) is 6.07 Å². The van der Waals surface area contributed by atoms with Crippen molar-refractivity contribution in [3.63, 3.8) is 0 Å². The van der Waals surface area contributed by atoms with Crippen molar-refractivity contribution in [2.45, 2.75) is 32.7 Å². The van der Waals surface area contributed by atoms with E-state index in [4.69, 9.17) is 5.84 Å². The van der Waals surface area contributed by atoms with Gasteiger partial charge in [-0.25, -0.2) is 0 Å². The minimum atomic E-state index is 0.119. The van der Waals surface area contributed by atoms with Crippen molar-refractivity contribution in [1.29, 1.82) is 0 Å². The van der Waals surface area contributed by atoms with Crippen LogP contribution in [0.25, 0.3) is 0 Å².